The van der Waals surface area contributed by atoms with E-state index in [1.807, 2.05) is 22.9 Å². The van der Waals surface area contributed by atoms with E-state index in [9.17, 15) is 4.79 Å². The van der Waals surface area contributed by atoms with Gasteiger partial charge in [0.2, 0.25) is 0 Å². The standard InChI is InChI=1S/C22H24Cl2N4O3/c1-30-19-4-2-3-17-20(22(29)25-14-15-5-6-16(23)13-18(15)24)26-28(21(17)19)8-7-27-9-11-31-12-10-27/h2-6,13H,7-12,14H2,1H3,(H,25,29). The molecule has 2 aromatic carbocycles. The molecular formula is C22H24Cl2N4O3. The maximum Gasteiger partial charge on any atom is 0.272 e. The number of rotatable bonds is 7. The van der Waals surface area contributed by atoms with Crippen LogP contribution >= 0.6 is 23.2 Å². The van der Waals surface area contributed by atoms with Crippen LogP contribution in [-0.2, 0) is 17.8 Å². The first-order chi connectivity index (χ1) is 15.1. The lowest BCUT2D eigenvalue weighted by Crippen LogP contribution is -2.38. The number of para-hydroxylation sites is 1. The van der Waals surface area contributed by atoms with Gasteiger partial charge in [-0.15, -0.1) is 0 Å². The van der Waals surface area contributed by atoms with Gasteiger partial charge in [-0.25, -0.2) is 0 Å². The van der Waals surface area contributed by atoms with E-state index >= 15 is 0 Å². The van der Waals surface area contributed by atoms with Gasteiger partial charge in [0.05, 0.1) is 26.9 Å². The molecule has 0 unspecified atom stereocenters. The number of fused-ring (bicyclic) bond motifs is 1. The molecule has 3 aromatic rings. The molecule has 1 aromatic heterocycles. The molecule has 9 heteroatoms. The number of amides is 1. The number of carbonyl (C=O) groups is 1. The number of halogens is 2. The van der Waals surface area contributed by atoms with Gasteiger partial charge in [-0.1, -0.05) is 41.4 Å². The normalized spacial score (nSPS) is 14.7. The Hall–Kier alpha value is -2.32. The first-order valence-corrected chi connectivity index (χ1v) is 10.9. The van der Waals surface area contributed by atoms with Crippen LogP contribution in [0.3, 0.4) is 0 Å². The average molecular weight is 463 g/mol. The molecule has 0 bridgehead atoms. The molecule has 1 saturated heterocycles. The number of nitrogens with zero attached hydrogens (tertiary/aromatic N) is 3. The quantitative estimate of drug-likeness (QED) is 0.580. The van der Waals surface area contributed by atoms with Gasteiger partial charge in [0.1, 0.15) is 11.3 Å². The van der Waals surface area contributed by atoms with E-state index in [1.165, 1.54) is 0 Å². The van der Waals surface area contributed by atoms with Crippen molar-refractivity contribution in [2.24, 2.45) is 0 Å². The number of aromatic nitrogens is 2. The minimum Gasteiger partial charge on any atom is -0.494 e. The van der Waals surface area contributed by atoms with Gasteiger partial charge < -0.3 is 14.8 Å². The fraction of sp³-hybridized carbons (Fsp3) is 0.364. The first-order valence-electron chi connectivity index (χ1n) is 10.1. The largest absolute Gasteiger partial charge is 0.494 e. The molecule has 7 nitrogen and oxygen atoms in total. The summed E-state index contributed by atoms with van der Waals surface area (Å²) in [6.45, 7) is 5.01. The minimum atomic E-state index is -0.269. The highest BCUT2D eigenvalue weighted by molar-refractivity contribution is 6.35. The lowest BCUT2D eigenvalue weighted by Gasteiger charge is -2.26. The lowest BCUT2D eigenvalue weighted by atomic mass is 10.1. The van der Waals surface area contributed by atoms with Crippen molar-refractivity contribution in [3.8, 4) is 5.75 Å². The van der Waals surface area contributed by atoms with Crippen molar-refractivity contribution >= 4 is 40.0 Å². The number of hydrogen-bond acceptors (Lipinski definition) is 5. The molecule has 0 aliphatic carbocycles. The number of carbonyl (C=O) groups excluding carboxylic acids is 1. The first kappa shape index (κ1) is 21.9. The van der Waals surface area contributed by atoms with Gasteiger partial charge in [-0.2, -0.15) is 5.10 Å². The molecular weight excluding hydrogens is 439 g/mol. The highest BCUT2D eigenvalue weighted by atomic mass is 35.5. The second kappa shape index (κ2) is 9.87. The lowest BCUT2D eigenvalue weighted by molar-refractivity contribution is 0.0361. The third kappa shape index (κ3) is 4.96. The van der Waals surface area contributed by atoms with Crippen LogP contribution in [0.1, 0.15) is 16.1 Å². The molecule has 164 valence electrons. The van der Waals surface area contributed by atoms with E-state index in [4.69, 9.17) is 32.7 Å². The van der Waals surface area contributed by atoms with Crippen LogP contribution in [0, 0.1) is 0 Å². The highest BCUT2D eigenvalue weighted by Crippen LogP contribution is 2.28. The summed E-state index contributed by atoms with van der Waals surface area (Å²) in [7, 11) is 1.62. The minimum absolute atomic E-state index is 0.269. The fourth-order valence-electron chi connectivity index (χ4n) is 3.68. The van der Waals surface area contributed by atoms with Crippen LogP contribution in [-0.4, -0.2) is 60.5 Å². The third-order valence-corrected chi connectivity index (χ3v) is 5.94. The number of methoxy groups -OCH3 is 1. The van der Waals surface area contributed by atoms with Crippen LogP contribution in [0.2, 0.25) is 10.0 Å². The predicted molar refractivity (Wildman–Crippen MR) is 121 cm³/mol. The van der Waals surface area contributed by atoms with E-state index in [1.54, 1.807) is 25.3 Å². The maximum absolute atomic E-state index is 13.0. The molecule has 4 rings (SSSR count). The smallest absolute Gasteiger partial charge is 0.272 e. The van der Waals surface area contributed by atoms with Gasteiger partial charge >= 0.3 is 0 Å². The zero-order valence-electron chi connectivity index (χ0n) is 17.2. The number of ether oxygens (including phenoxy) is 2. The summed E-state index contributed by atoms with van der Waals surface area (Å²) < 4.78 is 12.8. The van der Waals surface area contributed by atoms with E-state index in [0.717, 1.165) is 49.3 Å². The van der Waals surface area contributed by atoms with Gasteiger partial charge in [0.25, 0.3) is 5.91 Å². The Morgan fingerprint density at radius 1 is 1.19 bits per heavy atom. The average Bonchev–Trinajstić information content (AvgIpc) is 3.16. The van der Waals surface area contributed by atoms with Crippen molar-refractivity contribution in [1.29, 1.82) is 0 Å². The zero-order valence-corrected chi connectivity index (χ0v) is 18.7. The summed E-state index contributed by atoms with van der Waals surface area (Å²) in [6, 6.07) is 10.8. The third-order valence-electron chi connectivity index (χ3n) is 5.35. The molecule has 1 amide bonds. The Kier molecular flexibility index (Phi) is 6.97. The molecule has 1 aliphatic heterocycles. The van der Waals surface area contributed by atoms with Crippen molar-refractivity contribution in [3.63, 3.8) is 0 Å². The zero-order chi connectivity index (χ0) is 21.8. The summed E-state index contributed by atoms with van der Waals surface area (Å²) in [4.78, 5) is 15.3. The summed E-state index contributed by atoms with van der Waals surface area (Å²) in [6.07, 6.45) is 0. The van der Waals surface area contributed by atoms with Gasteiger partial charge in [0.15, 0.2) is 5.69 Å². The van der Waals surface area contributed by atoms with Crippen molar-refractivity contribution in [1.82, 2.24) is 20.0 Å². The highest BCUT2D eigenvalue weighted by Gasteiger charge is 2.21. The van der Waals surface area contributed by atoms with Gasteiger partial charge in [0, 0.05) is 41.6 Å². The Morgan fingerprint density at radius 3 is 2.74 bits per heavy atom. The van der Waals surface area contributed by atoms with Crippen LogP contribution in [0.15, 0.2) is 36.4 Å². The SMILES string of the molecule is COc1cccc2c(C(=O)NCc3ccc(Cl)cc3Cl)nn(CCN3CCOCC3)c12. The van der Waals surface area contributed by atoms with E-state index in [-0.39, 0.29) is 12.5 Å². The second-order valence-electron chi connectivity index (χ2n) is 7.30. The Morgan fingerprint density at radius 2 is 2.00 bits per heavy atom. The number of hydrogen-bond donors (Lipinski definition) is 1. The predicted octanol–water partition coefficient (Wildman–Crippen LogP) is 3.61. The molecule has 1 fully saturated rings. The second-order valence-corrected chi connectivity index (χ2v) is 8.14. The molecule has 0 radical (unpaired) electrons. The summed E-state index contributed by atoms with van der Waals surface area (Å²) in [5.41, 5.74) is 1.96. The van der Waals surface area contributed by atoms with Gasteiger partial charge in [-0.05, 0) is 23.8 Å². The van der Waals surface area contributed by atoms with E-state index in [2.05, 4.69) is 15.3 Å². The Bertz CT molecular complexity index is 1080. The van der Waals surface area contributed by atoms with Crippen LogP contribution < -0.4 is 10.1 Å². The molecule has 0 saturated carbocycles. The molecule has 2 heterocycles. The van der Waals surface area contributed by atoms with E-state index in [0.29, 0.717) is 28.0 Å². The topological polar surface area (TPSA) is 68.6 Å². The van der Waals surface area contributed by atoms with Gasteiger partial charge in [-0.3, -0.25) is 14.4 Å². The van der Waals surface area contributed by atoms with E-state index < -0.39 is 0 Å². The number of benzene rings is 2. The molecule has 1 N–H and O–H groups in total. The molecule has 0 spiro atoms. The van der Waals surface area contributed by atoms with Crippen molar-refractivity contribution in [3.05, 3.63) is 57.7 Å². The molecule has 31 heavy (non-hydrogen) atoms. The Balaban J connectivity index is 1.57. The monoisotopic (exact) mass is 462 g/mol. The van der Waals surface area contributed by atoms with Crippen molar-refractivity contribution < 1.29 is 14.3 Å². The number of nitrogens with one attached hydrogen (secondary N) is 1. The van der Waals surface area contributed by atoms with Crippen LogP contribution in [0.5, 0.6) is 5.75 Å². The summed E-state index contributed by atoms with van der Waals surface area (Å²) in [5.74, 6) is 0.418. The molecule has 1 aliphatic rings. The van der Waals surface area contributed by atoms with Crippen LogP contribution in [0.25, 0.3) is 10.9 Å². The van der Waals surface area contributed by atoms with Crippen LogP contribution in [0.4, 0.5) is 0 Å². The summed E-state index contributed by atoms with van der Waals surface area (Å²) >= 11 is 12.2. The number of morpholine rings is 1. The molecule has 0 atom stereocenters. The fourth-order valence-corrected chi connectivity index (χ4v) is 4.16. The van der Waals surface area contributed by atoms with Crippen molar-refractivity contribution in [2.75, 3.05) is 40.0 Å². The Labute approximate surface area is 190 Å². The van der Waals surface area contributed by atoms with Crippen molar-refractivity contribution in [2.45, 2.75) is 13.1 Å². The summed E-state index contributed by atoms with van der Waals surface area (Å²) in [5, 5.41) is 9.37. The maximum atomic E-state index is 13.0.